The van der Waals surface area contributed by atoms with Gasteiger partial charge in [-0.1, -0.05) is 11.6 Å². The maximum Gasteiger partial charge on any atom is 0.162 e. The standard InChI is InChI=1S/C16H18ClNO3/c1-19-16-11-13(18)5-8-15(16)21-10-2-9-20-14-6-3-12(17)4-7-14/h3-8,11H,2,9-10,18H2,1H3. The number of methoxy groups -OCH3 is 1. The Balaban J connectivity index is 1.73. The molecule has 0 atom stereocenters. The maximum atomic E-state index is 5.81. The first-order valence-corrected chi connectivity index (χ1v) is 7.01. The summed E-state index contributed by atoms with van der Waals surface area (Å²) in [5, 5.41) is 0.695. The van der Waals surface area contributed by atoms with Crippen molar-refractivity contribution in [1.82, 2.24) is 0 Å². The topological polar surface area (TPSA) is 53.7 Å². The van der Waals surface area contributed by atoms with Crippen molar-refractivity contribution in [3.05, 3.63) is 47.5 Å². The van der Waals surface area contributed by atoms with E-state index in [0.717, 1.165) is 12.2 Å². The zero-order chi connectivity index (χ0) is 15.1. The molecule has 0 heterocycles. The molecule has 2 aromatic rings. The van der Waals surface area contributed by atoms with Crippen molar-refractivity contribution in [2.45, 2.75) is 6.42 Å². The molecular formula is C16H18ClNO3. The number of rotatable bonds is 7. The highest BCUT2D eigenvalue weighted by Crippen LogP contribution is 2.29. The van der Waals surface area contributed by atoms with E-state index in [2.05, 4.69) is 0 Å². The van der Waals surface area contributed by atoms with Gasteiger partial charge in [-0.15, -0.1) is 0 Å². The minimum atomic E-state index is 0.536. The normalized spacial score (nSPS) is 10.2. The van der Waals surface area contributed by atoms with Crippen LogP contribution in [0.4, 0.5) is 5.69 Å². The summed E-state index contributed by atoms with van der Waals surface area (Å²) in [6, 6.07) is 12.6. The second kappa shape index (κ2) is 7.64. The van der Waals surface area contributed by atoms with Gasteiger partial charge in [0.1, 0.15) is 5.75 Å². The van der Waals surface area contributed by atoms with Crippen molar-refractivity contribution in [3.8, 4) is 17.2 Å². The smallest absolute Gasteiger partial charge is 0.162 e. The molecule has 0 aromatic heterocycles. The van der Waals surface area contributed by atoms with E-state index in [9.17, 15) is 0 Å². The zero-order valence-corrected chi connectivity index (χ0v) is 12.6. The van der Waals surface area contributed by atoms with Crippen molar-refractivity contribution in [2.75, 3.05) is 26.1 Å². The minimum absolute atomic E-state index is 0.536. The van der Waals surface area contributed by atoms with E-state index >= 15 is 0 Å². The number of nitrogen functional groups attached to an aromatic ring is 1. The third-order valence-corrected chi connectivity index (χ3v) is 3.07. The maximum absolute atomic E-state index is 5.81. The Hall–Kier alpha value is -2.07. The molecule has 0 spiro atoms. The fourth-order valence-corrected chi connectivity index (χ4v) is 1.89. The van der Waals surface area contributed by atoms with Gasteiger partial charge in [0.05, 0.1) is 20.3 Å². The Labute approximate surface area is 129 Å². The van der Waals surface area contributed by atoms with Crippen LogP contribution >= 0.6 is 11.6 Å². The lowest BCUT2D eigenvalue weighted by Crippen LogP contribution is -2.05. The highest BCUT2D eigenvalue weighted by molar-refractivity contribution is 6.30. The molecule has 0 saturated carbocycles. The largest absolute Gasteiger partial charge is 0.493 e. The molecule has 0 fully saturated rings. The lowest BCUT2D eigenvalue weighted by Gasteiger charge is -2.11. The second-order valence-corrected chi connectivity index (χ2v) is 4.85. The molecule has 0 aliphatic carbocycles. The summed E-state index contributed by atoms with van der Waals surface area (Å²) in [6.45, 7) is 1.10. The van der Waals surface area contributed by atoms with Crippen LogP contribution in [-0.4, -0.2) is 20.3 Å². The summed E-state index contributed by atoms with van der Waals surface area (Å²) in [5.74, 6) is 2.11. The molecule has 0 amide bonds. The monoisotopic (exact) mass is 307 g/mol. The average Bonchev–Trinajstić information content (AvgIpc) is 2.50. The average molecular weight is 308 g/mol. The van der Waals surface area contributed by atoms with Gasteiger partial charge in [-0.2, -0.15) is 0 Å². The van der Waals surface area contributed by atoms with Gasteiger partial charge in [0.15, 0.2) is 11.5 Å². The fourth-order valence-electron chi connectivity index (χ4n) is 1.77. The minimum Gasteiger partial charge on any atom is -0.493 e. The molecule has 2 N–H and O–H groups in total. The van der Waals surface area contributed by atoms with E-state index in [1.165, 1.54) is 0 Å². The van der Waals surface area contributed by atoms with Crippen molar-refractivity contribution in [3.63, 3.8) is 0 Å². The quantitative estimate of drug-likeness (QED) is 0.625. The summed E-state index contributed by atoms with van der Waals surface area (Å²) >= 11 is 5.81. The van der Waals surface area contributed by atoms with Crippen molar-refractivity contribution in [2.24, 2.45) is 0 Å². The van der Waals surface area contributed by atoms with Gasteiger partial charge in [0.2, 0.25) is 0 Å². The van der Waals surface area contributed by atoms with Crippen LogP contribution in [0, 0.1) is 0 Å². The molecule has 2 rings (SSSR count). The number of hydrogen-bond acceptors (Lipinski definition) is 4. The van der Waals surface area contributed by atoms with Gasteiger partial charge in [-0.3, -0.25) is 0 Å². The number of nitrogens with two attached hydrogens (primary N) is 1. The Morgan fingerprint density at radius 1 is 0.952 bits per heavy atom. The van der Waals surface area contributed by atoms with Crippen molar-refractivity contribution < 1.29 is 14.2 Å². The predicted octanol–water partition coefficient (Wildman–Crippen LogP) is 3.78. The third kappa shape index (κ3) is 4.76. The van der Waals surface area contributed by atoms with Gasteiger partial charge >= 0.3 is 0 Å². The lowest BCUT2D eigenvalue weighted by atomic mass is 10.3. The molecule has 112 valence electrons. The number of benzene rings is 2. The number of anilines is 1. The SMILES string of the molecule is COc1cc(N)ccc1OCCCOc1ccc(Cl)cc1. The first-order chi connectivity index (χ1) is 10.2. The molecular weight excluding hydrogens is 290 g/mol. The van der Waals surface area contributed by atoms with Crippen LogP contribution in [0.5, 0.6) is 17.2 Å². The van der Waals surface area contributed by atoms with Gasteiger partial charge in [-0.05, 0) is 36.4 Å². The lowest BCUT2D eigenvalue weighted by molar-refractivity contribution is 0.240. The van der Waals surface area contributed by atoms with Crippen LogP contribution in [0.2, 0.25) is 5.02 Å². The summed E-state index contributed by atoms with van der Waals surface area (Å²) in [4.78, 5) is 0. The molecule has 5 heteroatoms. The molecule has 0 saturated heterocycles. The zero-order valence-electron chi connectivity index (χ0n) is 11.8. The number of ether oxygens (including phenoxy) is 3. The van der Waals surface area contributed by atoms with E-state index in [4.69, 9.17) is 31.5 Å². The third-order valence-electron chi connectivity index (χ3n) is 2.82. The Bertz CT molecular complexity index is 572. The molecule has 0 radical (unpaired) electrons. The van der Waals surface area contributed by atoms with Gasteiger partial charge < -0.3 is 19.9 Å². The van der Waals surface area contributed by atoms with Gasteiger partial charge in [0, 0.05) is 23.2 Å². The van der Waals surface area contributed by atoms with Crippen LogP contribution in [0.1, 0.15) is 6.42 Å². The highest BCUT2D eigenvalue weighted by atomic mass is 35.5. The molecule has 0 aliphatic rings. The molecule has 21 heavy (non-hydrogen) atoms. The Kier molecular flexibility index (Phi) is 5.58. The molecule has 2 aromatic carbocycles. The first-order valence-electron chi connectivity index (χ1n) is 6.64. The Morgan fingerprint density at radius 3 is 2.38 bits per heavy atom. The molecule has 0 unspecified atom stereocenters. The van der Waals surface area contributed by atoms with Gasteiger partial charge in [0.25, 0.3) is 0 Å². The van der Waals surface area contributed by atoms with Crippen molar-refractivity contribution in [1.29, 1.82) is 0 Å². The van der Waals surface area contributed by atoms with E-state index < -0.39 is 0 Å². The van der Waals surface area contributed by atoms with Crippen LogP contribution in [0.3, 0.4) is 0 Å². The van der Waals surface area contributed by atoms with E-state index in [0.29, 0.717) is 35.4 Å². The van der Waals surface area contributed by atoms with Gasteiger partial charge in [-0.25, -0.2) is 0 Å². The number of hydrogen-bond donors (Lipinski definition) is 1. The Morgan fingerprint density at radius 2 is 1.67 bits per heavy atom. The van der Waals surface area contributed by atoms with E-state index in [1.807, 2.05) is 12.1 Å². The molecule has 4 nitrogen and oxygen atoms in total. The molecule has 0 bridgehead atoms. The number of halogens is 1. The van der Waals surface area contributed by atoms with Crippen LogP contribution in [-0.2, 0) is 0 Å². The summed E-state index contributed by atoms with van der Waals surface area (Å²) in [6.07, 6.45) is 0.760. The highest BCUT2D eigenvalue weighted by Gasteiger charge is 2.04. The van der Waals surface area contributed by atoms with Crippen LogP contribution in [0.25, 0.3) is 0 Å². The summed E-state index contributed by atoms with van der Waals surface area (Å²) in [5.41, 5.74) is 6.33. The predicted molar refractivity (Wildman–Crippen MR) is 84.5 cm³/mol. The second-order valence-electron chi connectivity index (χ2n) is 4.41. The van der Waals surface area contributed by atoms with Crippen LogP contribution < -0.4 is 19.9 Å². The van der Waals surface area contributed by atoms with Crippen molar-refractivity contribution >= 4 is 17.3 Å². The fraction of sp³-hybridized carbons (Fsp3) is 0.250. The van der Waals surface area contributed by atoms with E-state index in [-0.39, 0.29) is 0 Å². The first kappa shape index (κ1) is 15.3. The van der Waals surface area contributed by atoms with Crippen LogP contribution in [0.15, 0.2) is 42.5 Å². The van der Waals surface area contributed by atoms with E-state index in [1.54, 1.807) is 37.4 Å². The molecule has 0 aliphatic heterocycles. The summed E-state index contributed by atoms with van der Waals surface area (Å²) in [7, 11) is 1.59. The summed E-state index contributed by atoms with van der Waals surface area (Å²) < 4.78 is 16.5.